The minimum atomic E-state index is -0.212. The zero-order chi connectivity index (χ0) is 17.9. The second kappa shape index (κ2) is 7.03. The fourth-order valence-corrected chi connectivity index (χ4v) is 3.52. The Hall–Kier alpha value is -3.09. The Bertz CT molecular complexity index is 957. The van der Waals surface area contributed by atoms with Crippen LogP contribution in [0.4, 0.5) is 5.82 Å². The number of carbonyl (C=O) groups is 1. The number of piperidine rings is 1. The number of hydrogen-bond donors (Lipinski definition) is 3. The lowest BCUT2D eigenvalue weighted by Crippen LogP contribution is -2.47. The zero-order valence-electron chi connectivity index (χ0n) is 14.4. The van der Waals surface area contributed by atoms with E-state index in [1.807, 2.05) is 30.5 Å². The summed E-state index contributed by atoms with van der Waals surface area (Å²) >= 11 is 0. The van der Waals surface area contributed by atoms with Crippen molar-refractivity contribution in [3.8, 4) is 0 Å². The van der Waals surface area contributed by atoms with E-state index >= 15 is 0 Å². The molecule has 0 radical (unpaired) electrons. The van der Waals surface area contributed by atoms with E-state index in [0.29, 0.717) is 12.1 Å². The molecule has 1 saturated heterocycles. The van der Waals surface area contributed by atoms with Gasteiger partial charge >= 0.3 is 0 Å². The van der Waals surface area contributed by atoms with Crippen LogP contribution < -0.4 is 15.8 Å². The Morgan fingerprint density at radius 3 is 3.00 bits per heavy atom. The summed E-state index contributed by atoms with van der Waals surface area (Å²) < 4.78 is 0. The highest BCUT2D eigenvalue weighted by atomic mass is 16.1. The molecule has 0 saturated carbocycles. The molecule has 3 heterocycles. The van der Waals surface area contributed by atoms with E-state index in [0.717, 1.165) is 42.5 Å². The predicted molar refractivity (Wildman–Crippen MR) is 100 cm³/mol. The Morgan fingerprint density at radius 1 is 1.23 bits per heavy atom. The average Bonchev–Trinajstić information content (AvgIpc) is 3.15. The molecule has 1 fully saturated rings. The molecule has 3 N–H and O–H groups in total. The van der Waals surface area contributed by atoms with Crippen molar-refractivity contribution in [2.45, 2.75) is 25.3 Å². The van der Waals surface area contributed by atoms with E-state index in [-0.39, 0.29) is 17.5 Å². The molecule has 4 rings (SSSR count). The van der Waals surface area contributed by atoms with Crippen LogP contribution in [-0.4, -0.2) is 40.2 Å². The topological polar surface area (TPSA) is 93.9 Å². The predicted octanol–water partition coefficient (Wildman–Crippen LogP) is 2.04. The smallest absolute Gasteiger partial charge is 0.264 e. The number of rotatable bonds is 4. The van der Waals surface area contributed by atoms with Crippen molar-refractivity contribution in [1.82, 2.24) is 20.5 Å². The third-order valence-electron chi connectivity index (χ3n) is 4.90. The molecule has 1 aliphatic heterocycles. The lowest BCUT2D eigenvalue weighted by molar-refractivity contribution is 0.0949. The van der Waals surface area contributed by atoms with Gasteiger partial charge in [0.05, 0.1) is 0 Å². The molecule has 7 heteroatoms. The van der Waals surface area contributed by atoms with Gasteiger partial charge in [-0.3, -0.25) is 9.59 Å². The molecule has 2 aromatic heterocycles. The van der Waals surface area contributed by atoms with Gasteiger partial charge in [0.15, 0.2) is 0 Å². The third-order valence-corrected chi connectivity index (χ3v) is 4.90. The maximum atomic E-state index is 12.5. The van der Waals surface area contributed by atoms with Crippen molar-refractivity contribution >= 4 is 22.6 Å². The number of anilines is 1. The number of benzene rings is 1. The van der Waals surface area contributed by atoms with Gasteiger partial charge in [0, 0.05) is 47.9 Å². The highest BCUT2D eigenvalue weighted by Crippen LogP contribution is 2.22. The van der Waals surface area contributed by atoms with Gasteiger partial charge in [0.25, 0.3) is 11.5 Å². The normalized spacial score (nSPS) is 17.4. The minimum Gasteiger partial charge on any atom is -0.361 e. The van der Waals surface area contributed by atoms with E-state index < -0.39 is 0 Å². The molecule has 0 aliphatic carbocycles. The summed E-state index contributed by atoms with van der Waals surface area (Å²) in [7, 11) is 0. The quantitative estimate of drug-likeness (QED) is 0.670. The first-order valence-electron chi connectivity index (χ1n) is 8.88. The fraction of sp³-hybridized carbons (Fsp3) is 0.316. The van der Waals surface area contributed by atoms with Gasteiger partial charge in [-0.15, -0.1) is 0 Å². The zero-order valence-corrected chi connectivity index (χ0v) is 14.4. The van der Waals surface area contributed by atoms with Crippen molar-refractivity contribution in [2.75, 3.05) is 18.0 Å². The number of nitrogens with zero attached hydrogens (tertiary/aromatic N) is 2. The van der Waals surface area contributed by atoms with Crippen molar-refractivity contribution in [2.24, 2.45) is 0 Å². The lowest BCUT2D eigenvalue weighted by atomic mass is 10.0. The molecular formula is C19H21N5O2. The Morgan fingerprint density at radius 2 is 2.15 bits per heavy atom. The van der Waals surface area contributed by atoms with Crippen molar-refractivity contribution in [3.05, 3.63) is 58.5 Å². The number of carbonyl (C=O) groups excluding carboxylic acids is 1. The number of nitrogens with one attached hydrogen (secondary N) is 3. The fourth-order valence-electron chi connectivity index (χ4n) is 3.52. The molecule has 1 amide bonds. The van der Waals surface area contributed by atoms with Crippen LogP contribution >= 0.6 is 0 Å². The van der Waals surface area contributed by atoms with Crippen LogP contribution in [0, 0.1) is 0 Å². The molecule has 7 nitrogen and oxygen atoms in total. The number of aromatic amines is 2. The molecule has 1 aliphatic rings. The second-order valence-electron chi connectivity index (χ2n) is 6.61. The maximum Gasteiger partial charge on any atom is 0.264 e. The third kappa shape index (κ3) is 3.33. The molecule has 0 bridgehead atoms. The van der Waals surface area contributed by atoms with Crippen LogP contribution in [0.15, 0.2) is 47.4 Å². The van der Waals surface area contributed by atoms with Crippen LogP contribution in [0.2, 0.25) is 0 Å². The van der Waals surface area contributed by atoms with Crippen LogP contribution in [0.25, 0.3) is 10.9 Å². The van der Waals surface area contributed by atoms with Crippen molar-refractivity contribution in [1.29, 1.82) is 0 Å². The second-order valence-corrected chi connectivity index (χ2v) is 6.61. The summed E-state index contributed by atoms with van der Waals surface area (Å²) in [5.41, 5.74) is 1.46. The van der Waals surface area contributed by atoms with Gasteiger partial charge in [0.1, 0.15) is 5.82 Å². The largest absolute Gasteiger partial charge is 0.361 e. The van der Waals surface area contributed by atoms with E-state index in [2.05, 4.69) is 25.4 Å². The van der Waals surface area contributed by atoms with E-state index in [1.54, 1.807) is 6.07 Å². The monoisotopic (exact) mass is 351 g/mol. The summed E-state index contributed by atoms with van der Waals surface area (Å²) in [4.78, 5) is 29.1. The molecule has 3 aromatic rings. The minimum absolute atomic E-state index is 0.0759. The first-order valence-corrected chi connectivity index (χ1v) is 8.88. The van der Waals surface area contributed by atoms with E-state index in [9.17, 15) is 9.59 Å². The van der Waals surface area contributed by atoms with Gasteiger partial charge in [-0.25, -0.2) is 5.10 Å². The number of H-pyrrole nitrogens is 2. The lowest BCUT2D eigenvalue weighted by Gasteiger charge is -2.36. The highest BCUT2D eigenvalue weighted by molar-refractivity contribution is 5.98. The van der Waals surface area contributed by atoms with Crippen LogP contribution in [-0.2, 0) is 0 Å². The molecular weight excluding hydrogens is 330 g/mol. The van der Waals surface area contributed by atoms with Gasteiger partial charge in [-0.1, -0.05) is 0 Å². The molecule has 1 atom stereocenters. The number of fused-ring (bicyclic) bond motifs is 1. The molecule has 134 valence electrons. The van der Waals surface area contributed by atoms with Crippen molar-refractivity contribution in [3.63, 3.8) is 0 Å². The van der Waals surface area contributed by atoms with Crippen LogP contribution in [0.5, 0.6) is 0 Å². The number of aromatic nitrogens is 3. The molecule has 1 unspecified atom stereocenters. The maximum absolute atomic E-state index is 12.5. The van der Waals surface area contributed by atoms with Gasteiger partial charge in [-0.05, 0) is 49.6 Å². The summed E-state index contributed by atoms with van der Waals surface area (Å²) in [6.45, 7) is 1.42. The number of hydrogen-bond acceptors (Lipinski definition) is 4. The summed E-state index contributed by atoms with van der Waals surface area (Å²) in [6.07, 6.45) is 5.05. The highest BCUT2D eigenvalue weighted by Gasteiger charge is 2.24. The van der Waals surface area contributed by atoms with Crippen molar-refractivity contribution < 1.29 is 4.79 Å². The van der Waals surface area contributed by atoms with Gasteiger partial charge < -0.3 is 15.2 Å². The van der Waals surface area contributed by atoms with Crippen LogP contribution in [0.3, 0.4) is 0 Å². The standard InChI is InChI=1S/C19H21N5O2/c25-18-7-6-17(22-23-18)24-10-2-1-3-15(24)12-21-19(26)14-4-5-16-13(11-14)8-9-20-16/h4-9,11,15,20H,1-3,10,12H2,(H,21,26)(H,23,25). The number of amides is 1. The van der Waals surface area contributed by atoms with Gasteiger partial charge in [-0.2, -0.15) is 5.10 Å². The Labute approximate surface area is 150 Å². The Kier molecular flexibility index (Phi) is 4.43. The van der Waals surface area contributed by atoms with E-state index in [1.165, 1.54) is 6.07 Å². The van der Waals surface area contributed by atoms with Gasteiger partial charge in [0.2, 0.25) is 0 Å². The molecule has 0 spiro atoms. The SMILES string of the molecule is O=C(NCC1CCCCN1c1ccc(=O)[nH]n1)c1ccc2[nH]ccc2c1. The summed E-state index contributed by atoms with van der Waals surface area (Å²) in [5.74, 6) is 0.672. The summed E-state index contributed by atoms with van der Waals surface area (Å²) in [6, 6.07) is 11.0. The average molecular weight is 351 g/mol. The van der Waals surface area contributed by atoms with E-state index in [4.69, 9.17) is 0 Å². The molecule has 1 aromatic carbocycles. The molecule has 26 heavy (non-hydrogen) atoms. The first-order chi connectivity index (χ1) is 12.7. The Balaban J connectivity index is 1.45. The summed E-state index contributed by atoms with van der Waals surface area (Å²) in [5, 5.41) is 10.7. The van der Waals surface area contributed by atoms with Crippen LogP contribution in [0.1, 0.15) is 29.6 Å². The first kappa shape index (κ1) is 16.4.